The van der Waals surface area contributed by atoms with E-state index in [-0.39, 0.29) is 18.8 Å². The Balaban J connectivity index is 1.68. The average Bonchev–Trinajstić information content (AvgIpc) is 2.91. The molecule has 2 heterocycles. The molecule has 1 aliphatic heterocycles. The van der Waals surface area contributed by atoms with Crippen LogP contribution in [0.15, 0.2) is 47.4 Å². The number of carbonyl (C=O) groups is 1. The number of carboxylic acid groups (broad SMARTS) is 1. The summed E-state index contributed by atoms with van der Waals surface area (Å²) < 4.78 is 25.6. The first kappa shape index (κ1) is 24.7. The zero-order valence-electron chi connectivity index (χ0n) is 20.4. The fourth-order valence-electron chi connectivity index (χ4n) is 4.24. The monoisotopic (exact) mass is 497 g/mol. The fraction of sp³-hybridized carbons (Fsp3) is 0.400. The standard InChI is InChI=1S/C25H31N5O4S/c1-17-9-10-20-19(15-17)22(26-11-12-30(24(31)32)25(2,3)4)28-23(27-20)29-13-14-35(33,34)21-8-6-5-7-18(21)16-29/h5-10,15H,11-14,16H2,1-4H3,(H,31,32)(H,26,27,28). The molecule has 0 atom stereocenters. The Hall–Kier alpha value is -3.40. The molecule has 186 valence electrons. The highest BCUT2D eigenvalue weighted by atomic mass is 32.2. The fourth-order valence-corrected chi connectivity index (χ4v) is 5.74. The predicted molar refractivity (Wildman–Crippen MR) is 137 cm³/mol. The van der Waals surface area contributed by atoms with Gasteiger partial charge < -0.3 is 20.2 Å². The quantitative estimate of drug-likeness (QED) is 0.545. The van der Waals surface area contributed by atoms with E-state index in [1.165, 1.54) is 4.90 Å². The zero-order chi connectivity index (χ0) is 25.4. The number of hydrogen-bond donors (Lipinski definition) is 2. The number of nitrogens with one attached hydrogen (secondary N) is 1. The highest BCUT2D eigenvalue weighted by Crippen LogP contribution is 2.29. The van der Waals surface area contributed by atoms with Crippen molar-refractivity contribution in [2.45, 2.75) is 44.7 Å². The molecule has 1 amide bonds. The number of anilines is 2. The minimum Gasteiger partial charge on any atom is -0.465 e. The number of sulfone groups is 1. The number of hydrogen-bond acceptors (Lipinski definition) is 7. The van der Waals surface area contributed by atoms with Gasteiger partial charge in [0.25, 0.3) is 0 Å². The van der Waals surface area contributed by atoms with Crippen LogP contribution in [0.3, 0.4) is 0 Å². The second-order valence-corrected chi connectivity index (χ2v) is 11.9. The Morgan fingerprint density at radius 2 is 1.91 bits per heavy atom. The number of benzene rings is 2. The largest absolute Gasteiger partial charge is 0.465 e. The Morgan fingerprint density at radius 1 is 1.17 bits per heavy atom. The van der Waals surface area contributed by atoms with Crippen LogP contribution in [0.2, 0.25) is 0 Å². The number of aromatic nitrogens is 2. The second kappa shape index (κ2) is 9.33. The van der Waals surface area contributed by atoms with Crippen LogP contribution in [0.25, 0.3) is 10.9 Å². The van der Waals surface area contributed by atoms with E-state index in [1.807, 2.05) is 62.9 Å². The molecule has 0 unspecified atom stereocenters. The lowest BCUT2D eigenvalue weighted by molar-refractivity contribution is 0.103. The minimum absolute atomic E-state index is 0.0266. The van der Waals surface area contributed by atoms with E-state index in [1.54, 1.807) is 12.1 Å². The first-order valence-corrected chi connectivity index (χ1v) is 13.2. The SMILES string of the molecule is Cc1ccc2nc(N3CCS(=O)(=O)c4ccccc4C3)nc(NCCN(C(=O)O)C(C)(C)C)c2c1. The normalized spacial score (nSPS) is 15.4. The van der Waals surface area contributed by atoms with Crippen molar-refractivity contribution >= 4 is 38.6 Å². The molecule has 0 fully saturated rings. The number of aryl methyl sites for hydroxylation is 1. The average molecular weight is 498 g/mol. The van der Waals surface area contributed by atoms with Gasteiger partial charge in [-0.1, -0.05) is 29.8 Å². The van der Waals surface area contributed by atoms with Gasteiger partial charge in [-0.3, -0.25) is 0 Å². The second-order valence-electron chi connectivity index (χ2n) is 9.77. The Morgan fingerprint density at radius 3 is 2.63 bits per heavy atom. The van der Waals surface area contributed by atoms with Gasteiger partial charge in [-0.25, -0.2) is 18.2 Å². The highest BCUT2D eigenvalue weighted by Gasteiger charge is 2.28. The maximum Gasteiger partial charge on any atom is 0.407 e. The van der Waals surface area contributed by atoms with E-state index >= 15 is 0 Å². The first-order chi connectivity index (χ1) is 16.5. The van der Waals surface area contributed by atoms with Crippen LogP contribution in [0, 0.1) is 6.92 Å². The molecule has 9 nitrogen and oxygen atoms in total. The molecule has 0 spiro atoms. The zero-order valence-corrected chi connectivity index (χ0v) is 21.3. The lowest BCUT2D eigenvalue weighted by Crippen LogP contribution is -2.47. The molecular weight excluding hydrogens is 466 g/mol. The summed E-state index contributed by atoms with van der Waals surface area (Å²) in [6.07, 6.45) is -0.979. The number of amides is 1. The van der Waals surface area contributed by atoms with E-state index in [4.69, 9.17) is 9.97 Å². The third-order valence-electron chi connectivity index (χ3n) is 6.09. The van der Waals surface area contributed by atoms with Gasteiger partial charge in [-0.05, 0) is 51.5 Å². The van der Waals surface area contributed by atoms with Gasteiger partial charge in [0.15, 0.2) is 9.84 Å². The number of rotatable bonds is 5. The molecule has 0 radical (unpaired) electrons. The Kier molecular flexibility index (Phi) is 6.59. The summed E-state index contributed by atoms with van der Waals surface area (Å²) in [7, 11) is -3.40. The van der Waals surface area contributed by atoms with Crippen molar-refractivity contribution in [1.29, 1.82) is 0 Å². The maximum atomic E-state index is 12.8. The van der Waals surface area contributed by atoms with Crippen molar-refractivity contribution < 1.29 is 18.3 Å². The van der Waals surface area contributed by atoms with Crippen molar-refractivity contribution in [3.05, 3.63) is 53.6 Å². The molecule has 0 saturated heterocycles. The van der Waals surface area contributed by atoms with Crippen molar-refractivity contribution in [1.82, 2.24) is 14.9 Å². The summed E-state index contributed by atoms with van der Waals surface area (Å²) in [5, 5.41) is 13.7. The molecule has 4 rings (SSSR count). The van der Waals surface area contributed by atoms with Gasteiger partial charge in [0.2, 0.25) is 5.95 Å². The molecule has 0 saturated carbocycles. The smallest absolute Gasteiger partial charge is 0.407 e. The van der Waals surface area contributed by atoms with E-state index < -0.39 is 21.5 Å². The molecule has 1 aromatic heterocycles. The Labute approximate surface area is 205 Å². The third-order valence-corrected chi connectivity index (χ3v) is 7.88. The van der Waals surface area contributed by atoms with Crippen LogP contribution in [-0.2, 0) is 16.4 Å². The van der Waals surface area contributed by atoms with Gasteiger partial charge in [-0.2, -0.15) is 4.98 Å². The lowest BCUT2D eigenvalue weighted by Gasteiger charge is -2.33. The molecule has 2 N–H and O–H groups in total. The van der Waals surface area contributed by atoms with Gasteiger partial charge in [0.05, 0.1) is 16.2 Å². The van der Waals surface area contributed by atoms with Gasteiger partial charge in [0.1, 0.15) is 5.82 Å². The molecule has 1 aliphatic rings. The van der Waals surface area contributed by atoms with Crippen LogP contribution in [0.1, 0.15) is 31.9 Å². The lowest BCUT2D eigenvalue weighted by atomic mass is 10.1. The van der Waals surface area contributed by atoms with Gasteiger partial charge in [-0.15, -0.1) is 0 Å². The summed E-state index contributed by atoms with van der Waals surface area (Å²) in [5.74, 6) is 0.997. The Bertz CT molecular complexity index is 1370. The number of fused-ring (bicyclic) bond motifs is 2. The summed E-state index contributed by atoms with van der Waals surface area (Å²) >= 11 is 0. The van der Waals surface area contributed by atoms with Crippen molar-refractivity contribution in [3.8, 4) is 0 Å². The number of nitrogens with zero attached hydrogens (tertiary/aromatic N) is 4. The molecule has 35 heavy (non-hydrogen) atoms. The van der Waals surface area contributed by atoms with E-state index in [2.05, 4.69) is 5.32 Å². The summed E-state index contributed by atoms with van der Waals surface area (Å²) in [4.78, 5) is 24.9. The topological polar surface area (TPSA) is 116 Å². The molecular formula is C25H31N5O4S. The van der Waals surface area contributed by atoms with Crippen molar-refractivity contribution in [2.75, 3.05) is 35.6 Å². The van der Waals surface area contributed by atoms with Crippen molar-refractivity contribution in [3.63, 3.8) is 0 Å². The van der Waals surface area contributed by atoms with Crippen LogP contribution >= 0.6 is 0 Å². The summed E-state index contributed by atoms with van der Waals surface area (Å²) in [6.45, 7) is 8.84. The predicted octanol–water partition coefficient (Wildman–Crippen LogP) is 3.92. The van der Waals surface area contributed by atoms with Crippen LogP contribution < -0.4 is 10.2 Å². The molecule has 0 aliphatic carbocycles. The summed E-state index contributed by atoms with van der Waals surface area (Å²) in [6, 6.07) is 12.9. The minimum atomic E-state index is -3.40. The summed E-state index contributed by atoms with van der Waals surface area (Å²) in [5.41, 5.74) is 1.96. The van der Waals surface area contributed by atoms with Crippen LogP contribution in [0.4, 0.5) is 16.6 Å². The maximum absolute atomic E-state index is 12.8. The first-order valence-electron chi connectivity index (χ1n) is 11.5. The van der Waals surface area contributed by atoms with E-state index in [0.717, 1.165) is 22.0 Å². The van der Waals surface area contributed by atoms with Gasteiger partial charge >= 0.3 is 6.09 Å². The molecule has 3 aromatic rings. The van der Waals surface area contributed by atoms with Crippen LogP contribution in [0.5, 0.6) is 0 Å². The van der Waals surface area contributed by atoms with Crippen LogP contribution in [-0.4, -0.2) is 65.4 Å². The molecule has 2 aromatic carbocycles. The van der Waals surface area contributed by atoms with E-state index in [0.29, 0.717) is 29.8 Å². The highest BCUT2D eigenvalue weighted by molar-refractivity contribution is 7.91. The third kappa shape index (κ3) is 5.32. The van der Waals surface area contributed by atoms with Crippen molar-refractivity contribution in [2.24, 2.45) is 0 Å². The molecule has 0 bridgehead atoms. The molecule has 10 heteroatoms. The van der Waals surface area contributed by atoms with Gasteiger partial charge in [0, 0.05) is 37.1 Å². The van der Waals surface area contributed by atoms with E-state index in [9.17, 15) is 18.3 Å².